The van der Waals surface area contributed by atoms with Crippen LogP contribution in [0.5, 0.6) is 0 Å². The topological polar surface area (TPSA) is 102 Å². The van der Waals surface area contributed by atoms with E-state index in [0.29, 0.717) is 11.9 Å². The average Bonchev–Trinajstić information content (AvgIpc) is 3.13. The average molecular weight is 304 g/mol. The molecule has 3 rings (SSSR count). The molecule has 0 radical (unpaired) electrons. The molecule has 0 unspecified atom stereocenters. The van der Waals surface area contributed by atoms with Crippen LogP contribution in [0, 0.1) is 0 Å². The molecule has 0 amide bonds. The number of fused-ring (bicyclic) bond motifs is 1. The van der Waals surface area contributed by atoms with Gasteiger partial charge in [-0.15, -0.1) is 0 Å². The van der Waals surface area contributed by atoms with Gasteiger partial charge >= 0.3 is 0 Å². The molecule has 2 heterocycles. The van der Waals surface area contributed by atoms with Gasteiger partial charge in [-0.25, -0.2) is 10.8 Å². The molecule has 0 atom stereocenters. The maximum Gasteiger partial charge on any atom is 0.224 e. The first-order chi connectivity index (χ1) is 10.6. The van der Waals surface area contributed by atoms with Crippen LogP contribution in [-0.4, -0.2) is 51.1 Å². The lowest BCUT2D eigenvalue weighted by Crippen LogP contribution is -2.40. The molecule has 2 aromatic rings. The molecule has 22 heavy (non-hydrogen) atoms. The molecule has 1 fully saturated rings. The van der Waals surface area contributed by atoms with Crippen molar-refractivity contribution >= 4 is 22.9 Å². The van der Waals surface area contributed by atoms with Crippen molar-refractivity contribution in [3.63, 3.8) is 0 Å². The first-order valence-corrected chi connectivity index (χ1v) is 7.73. The number of likely N-dealkylation sites (N-methyl/N-ethyl adjacent to an activating group) is 1. The number of rotatable bonds is 5. The number of imidazole rings is 1. The van der Waals surface area contributed by atoms with E-state index in [4.69, 9.17) is 11.6 Å². The maximum atomic E-state index is 6.30. The molecule has 1 aliphatic rings. The predicted molar refractivity (Wildman–Crippen MR) is 87.2 cm³/mol. The molecule has 2 aromatic heterocycles. The normalized spacial score (nSPS) is 16.0. The molecule has 0 aromatic carbocycles. The minimum absolute atomic E-state index is 0.238. The highest BCUT2D eigenvalue weighted by molar-refractivity contribution is 5.84. The van der Waals surface area contributed by atoms with E-state index in [2.05, 4.69) is 19.9 Å². The number of nitrogen functional groups attached to an aromatic ring is 1. The highest BCUT2D eigenvalue weighted by atomic mass is 15.5. The van der Waals surface area contributed by atoms with Crippen LogP contribution < -0.4 is 16.6 Å². The van der Waals surface area contributed by atoms with Gasteiger partial charge < -0.3 is 15.2 Å². The fourth-order valence-electron chi connectivity index (χ4n) is 2.95. The largest absolute Gasteiger partial charge is 0.368 e. The first kappa shape index (κ1) is 15.0. The SMILES string of the molecule is CN(C)CCn1cnc2c(N(N)C3CCCC3)nc(N)nc21. The molecule has 8 heteroatoms. The van der Waals surface area contributed by atoms with Gasteiger partial charge in [-0.05, 0) is 26.9 Å². The van der Waals surface area contributed by atoms with Crippen LogP contribution in [0.25, 0.3) is 11.2 Å². The van der Waals surface area contributed by atoms with Crippen molar-refractivity contribution in [2.24, 2.45) is 5.84 Å². The summed E-state index contributed by atoms with van der Waals surface area (Å²) < 4.78 is 2.00. The Kier molecular flexibility index (Phi) is 4.12. The Balaban J connectivity index is 1.96. The fraction of sp³-hybridized carbons (Fsp3) is 0.643. The van der Waals surface area contributed by atoms with E-state index in [1.54, 1.807) is 11.3 Å². The minimum atomic E-state index is 0.238. The van der Waals surface area contributed by atoms with Crippen LogP contribution in [0.3, 0.4) is 0 Å². The summed E-state index contributed by atoms with van der Waals surface area (Å²) in [5.41, 5.74) is 7.36. The summed E-state index contributed by atoms with van der Waals surface area (Å²) in [6, 6.07) is 0.310. The lowest BCUT2D eigenvalue weighted by molar-refractivity contribution is 0.386. The van der Waals surface area contributed by atoms with E-state index in [0.717, 1.165) is 37.1 Å². The van der Waals surface area contributed by atoms with Crippen molar-refractivity contribution in [3.8, 4) is 0 Å². The number of hydrogen-bond acceptors (Lipinski definition) is 7. The molecule has 8 nitrogen and oxygen atoms in total. The molecule has 0 aliphatic heterocycles. The van der Waals surface area contributed by atoms with Crippen molar-refractivity contribution in [3.05, 3.63) is 6.33 Å². The summed E-state index contributed by atoms with van der Waals surface area (Å²) in [6.45, 7) is 1.70. The van der Waals surface area contributed by atoms with E-state index in [1.807, 2.05) is 18.7 Å². The van der Waals surface area contributed by atoms with Gasteiger partial charge in [-0.2, -0.15) is 9.97 Å². The summed E-state index contributed by atoms with van der Waals surface area (Å²) in [4.78, 5) is 15.3. The molecular formula is C14H24N8. The molecule has 0 bridgehead atoms. The Morgan fingerprint density at radius 1 is 1.27 bits per heavy atom. The zero-order valence-corrected chi connectivity index (χ0v) is 13.2. The summed E-state index contributed by atoms with van der Waals surface area (Å²) in [5, 5.41) is 1.73. The first-order valence-electron chi connectivity index (χ1n) is 7.73. The monoisotopic (exact) mass is 304 g/mol. The number of anilines is 2. The molecule has 1 aliphatic carbocycles. The van der Waals surface area contributed by atoms with Gasteiger partial charge in [-0.3, -0.25) is 5.01 Å². The van der Waals surface area contributed by atoms with Crippen LogP contribution >= 0.6 is 0 Å². The third kappa shape index (κ3) is 2.84. The Hall–Kier alpha value is -1.93. The lowest BCUT2D eigenvalue weighted by atomic mass is 10.2. The Labute approximate surface area is 130 Å². The standard InChI is InChI=1S/C14H24N8/c1-20(2)7-8-21-9-17-11-12(21)18-14(15)19-13(11)22(16)10-5-3-4-6-10/h9-10H,3-8,16H2,1-2H3,(H2,15,18,19). The van der Waals surface area contributed by atoms with E-state index in [9.17, 15) is 0 Å². The molecule has 120 valence electrons. The molecule has 0 spiro atoms. The van der Waals surface area contributed by atoms with Gasteiger partial charge in [0.2, 0.25) is 5.95 Å². The van der Waals surface area contributed by atoms with Crippen molar-refractivity contribution in [1.82, 2.24) is 24.4 Å². The number of aromatic nitrogens is 4. The quantitative estimate of drug-likeness (QED) is 0.615. The lowest BCUT2D eigenvalue weighted by Gasteiger charge is -2.24. The van der Waals surface area contributed by atoms with E-state index in [1.165, 1.54) is 12.8 Å². The second-order valence-corrected chi connectivity index (χ2v) is 6.16. The fourth-order valence-corrected chi connectivity index (χ4v) is 2.95. The number of nitrogens with two attached hydrogens (primary N) is 2. The molecular weight excluding hydrogens is 280 g/mol. The summed E-state index contributed by atoms with van der Waals surface area (Å²) in [7, 11) is 4.07. The zero-order chi connectivity index (χ0) is 15.7. The van der Waals surface area contributed by atoms with Gasteiger partial charge in [0, 0.05) is 19.1 Å². The molecule has 1 saturated carbocycles. The third-order valence-electron chi connectivity index (χ3n) is 4.21. The summed E-state index contributed by atoms with van der Waals surface area (Å²) in [5.74, 6) is 7.17. The second-order valence-electron chi connectivity index (χ2n) is 6.16. The zero-order valence-electron chi connectivity index (χ0n) is 13.2. The van der Waals surface area contributed by atoms with Crippen molar-refractivity contribution in [2.75, 3.05) is 31.4 Å². The van der Waals surface area contributed by atoms with Crippen LogP contribution in [-0.2, 0) is 6.54 Å². The van der Waals surface area contributed by atoms with Gasteiger partial charge in [-0.1, -0.05) is 12.8 Å². The van der Waals surface area contributed by atoms with Crippen LogP contribution in [0.4, 0.5) is 11.8 Å². The molecule has 4 N–H and O–H groups in total. The van der Waals surface area contributed by atoms with Crippen LogP contribution in [0.2, 0.25) is 0 Å². The summed E-state index contributed by atoms with van der Waals surface area (Å²) >= 11 is 0. The number of nitrogens with zero attached hydrogens (tertiary/aromatic N) is 6. The molecule has 0 saturated heterocycles. The smallest absolute Gasteiger partial charge is 0.224 e. The Bertz CT molecular complexity index is 644. The van der Waals surface area contributed by atoms with E-state index in [-0.39, 0.29) is 5.95 Å². The van der Waals surface area contributed by atoms with E-state index < -0.39 is 0 Å². The maximum absolute atomic E-state index is 6.30. The minimum Gasteiger partial charge on any atom is -0.368 e. The number of hydrogen-bond donors (Lipinski definition) is 2. The van der Waals surface area contributed by atoms with Crippen molar-refractivity contribution in [1.29, 1.82) is 0 Å². The highest BCUT2D eigenvalue weighted by Gasteiger charge is 2.25. The van der Waals surface area contributed by atoms with Gasteiger partial charge in [0.25, 0.3) is 0 Å². The van der Waals surface area contributed by atoms with Gasteiger partial charge in [0.15, 0.2) is 17.0 Å². The van der Waals surface area contributed by atoms with Crippen LogP contribution in [0.15, 0.2) is 6.33 Å². The van der Waals surface area contributed by atoms with Crippen molar-refractivity contribution in [2.45, 2.75) is 38.3 Å². The highest BCUT2D eigenvalue weighted by Crippen LogP contribution is 2.28. The summed E-state index contributed by atoms with van der Waals surface area (Å²) in [6.07, 6.45) is 6.37. The van der Waals surface area contributed by atoms with Crippen LogP contribution in [0.1, 0.15) is 25.7 Å². The van der Waals surface area contributed by atoms with Crippen molar-refractivity contribution < 1.29 is 0 Å². The predicted octanol–water partition coefficient (Wildman–Crippen LogP) is 0.593. The third-order valence-corrected chi connectivity index (χ3v) is 4.21. The Morgan fingerprint density at radius 3 is 2.68 bits per heavy atom. The second kappa shape index (κ2) is 6.05. The van der Waals surface area contributed by atoms with E-state index >= 15 is 0 Å². The van der Waals surface area contributed by atoms with Gasteiger partial charge in [0.05, 0.1) is 6.33 Å². The van der Waals surface area contributed by atoms with Gasteiger partial charge in [0.1, 0.15) is 0 Å². The Morgan fingerprint density at radius 2 is 2.00 bits per heavy atom. The number of hydrazine groups is 1.